The second-order valence-electron chi connectivity index (χ2n) is 6.50. The lowest BCUT2D eigenvalue weighted by atomic mass is 10.0. The van der Waals surface area contributed by atoms with Gasteiger partial charge in [-0.25, -0.2) is 4.72 Å². The Morgan fingerprint density at radius 2 is 1.67 bits per heavy atom. The fourth-order valence-corrected chi connectivity index (χ4v) is 4.23. The smallest absolute Gasteiger partial charge is 0.279 e. The first kappa shape index (κ1) is 14.2. The summed E-state index contributed by atoms with van der Waals surface area (Å²) in [7, 11) is -3.30. The third-order valence-electron chi connectivity index (χ3n) is 5.21. The van der Waals surface area contributed by atoms with Crippen molar-refractivity contribution in [2.45, 2.75) is 27.7 Å². The van der Waals surface area contributed by atoms with Gasteiger partial charge in [0.2, 0.25) is 0 Å². The van der Waals surface area contributed by atoms with E-state index in [0.717, 1.165) is 13.1 Å². The Morgan fingerprint density at radius 1 is 1.17 bits per heavy atom. The molecule has 2 aliphatic rings. The van der Waals surface area contributed by atoms with E-state index in [1.165, 1.54) is 4.31 Å². The highest BCUT2D eigenvalue weighted by atomic mass is 32.2. The van der Waals surface area contributed by atoms with Gasteiger partial charge < -0.3 is 5.32 Å². The topological polar surface area (TPSA) is 61.4 Å². The third-order valence-corrected chi connectivity index (χ3v) is 6.78. The van der Waals surface area contributed by atoms with E-state index in [9.17, 15) is 8.42 Å². The molecule has 1 aliphatic carbocycles. The van der Waals surface area contributed by atoms with E-state index in [2.05, 4.69) is 37.7 Å². The summed E-state index contributed by atoms with van der Waals surface area (Å²) in [5.74, 6) is 0.419. The summed E-state index contributed by atoms with van der Waals surface area (Å²) < 4.78 is 28.6. The van der Waals surface area contributed by atoms with E-state index in [0.29, 0.717) is 25.6 Å². The van der Waals surface area contributed by atoms with E-state index in [4.69, 9.17) is 0 Å². The summed E-state index contributed by atoms with van der Waals surface area (Å²) >= 11 is 0. The predicted molar refractivity (Wildman–Crippen MR) is 72.4 cm³/mol. The Labute approximate surface area is 110 Å². The second kappa shape index (κ2) is 4.44. The van der Waals surface area contributed by atoms with Crippen molar-refractivity contribution < 1.29 is 8.42 Å². The summed E-state index contributed by atoms with van der Waals surface area (Å²) in [5.41, 5.74) is 0.442. The monoisotopic (exact) mass is 275 g/mol. The van der Waals surface area contributed by atoms with Crippen molar-refractivity contribution in [3.8, 4) is 0 Å². The number of hydrogen-bond acceptors (Lipinski definition) is 3. The molecule has 6 heteroatoms. The van der Waals surface area contributed by atoms with Gasteiger partial charge in [0.05, 0.1) is 0 Å². The number of piperazine rings is 1. The van der Waals surface area contributed by atoms with Crippen LogP contribution in [0.1, 0.15) is 27.7 Å². The Bertz CT molecular complexity index is 397. The molecule has 2 N–H and O–H groups in total. The Morgan fingerprint density at radius 3 is 2.11 bits per heavy atom. The summed E-state index contributed by atoms with van der Waals surface area (Å²) in [5, 5.41) is 3.16. The van der Waals surface area contributed by atoms with Crippen LogP contribution in [-0.4, -0.2) is 45.4 Å². The summed E-state index contributed by atoms with van der Waals surface area (Å²) in [6, 6.07) is 0. The highest BCUT2D eigenvalue weighted by Crippen LogP contribution is 2.67. The molecule has 0 aromatic carbocycles. The molecule has 0 bridgehead atoms. The molecule has 2 rings (SSSR count). The molecule has 0 aromatic rings. The van der Waals surface area contributed by atoms with Crippen molar-refractivity contribution in [2.75, 3.05) is 32.7 Å². The van der Waals surface area contributed by atoms with Gasteiger partial charge in [-0.05, 0) is 16.7 Å². The zero-order chi connectivity index (χ0) is 13.6. The van der Waals surface area contributed by atoms with Crippen molar-refractivity contribution in [1.29, 1.82) is 0 Å². The van der Waals surface area contributed by atoms with Crippen LogP contribution >= 0.6 is 0 Å². The van der Waals surface area contributed by atoms with E-state index in [1.807, 2.05) is 0 Å². The molecule has 1 heterocycles. The lowest BCUT2D eigenvalue weighted by Crippen LogP contribution is -2.50. The van der Waals surface area contributed by atoms with Gasteiger partial charge in [0.1, 0.15) is 0 Å². The van der Waals surface area contributed by atoms with Gasteiger partial charge in [0, 0.05) is 32.7 Å². The molecule has 0 radical (unpaired) electrons. The van der Waals surface area contributed by atoms with Gasteiger partial charge in [-0.1, -0.05) is 27.7 Å². The van der Waals surface area contributed by atoms with Gasteiger partial charge in [-0.2, -0.15) is 12.7 Å². The van der Waals surface area contributed by atoms with Crippen LogP contribution in [0.4, 0.5) is 0 Å². The molecule has 0 atom stereocenters. The molecule has 0 unspecified atom stereocenters. The Kier molecular flexibility index (Phi) is 3.51. The van der Waals surface area contributed by atoms with Gasteiger partial charge in [0.25, 0.3) is 10.2 Å². The van der Waals surface area contributed by atoms with Crippen LogP contribution in [0.15, 0.2) is 0 Å². The lowest BCUT2D eigenvalue weighted by Gasteiger charge is -2.26. The second-order valence-corrected chi connectivity index (χ2v) is 8.25. The normalized spacial score (nSPS) is 28.2. The molecule has 2 fully saturated rings. The number of nitrogens with one attached hydrogen (secondary N) is 2. The third kappa shape index (κ3) is 2.31. The molecular weight excluding hydrogens is 250 g/mol. The van der Waals surface area contributed by atoms with Crippen LogP contribution in [0, 0.1) is 16.7 Å². The van der Waals surface area contributed by atoms with E-state index >= 15 is 0 Å². The van der Waals surface area contributed by atoms with Gasteiger partial charge in [0.15, 0.2) is 0 Å². The van der Waals surface area contributed by atoms with Gasteiger partial charge >= 0.3 is 0 Å². The Balaban J connectivity index is 1.90. The van der Waals surface area contributed by atoms with E-state index in [-0.39, 0.29) is 10.8 Å². The average molecular weight is 275 g/mol. The highest BCUT2D eigenvalue weighted by Gasteiger charge is 2.64. The quantitative estimate of drug-likeness (QED) is 0.781. The molecule has 1 saturated heterocycles. The lowest BCUT2D eigenvalue weighted by molar-refractivity contribution is 0.353. The van der Waals surface area contributed by atoms with Gasteiger partial charge in [-0.15, -0.1) is 0 Å². The molecule has 106 valence electrons. The summed E-state index contributed by atoms with van der Waals surface area (Å²) in [6.45, 7) is 12.0. The molecular formula is C12H25N3O2S. The molecule has 0 aromatic heterocycles. The zero-order valence-electron chi connectivity index (χ0n) is 11.8. The van der Waals surface area contributed by atoms with Crippen LogP contribution in [0.3, 0.4) is 0 Å². The first-order valence-electron chi connectivity index (χ1n) is 6.65. The van der Waals surface area contributed by atoms with Crippen molar-refractivity contribution in [3.63, 3.8) is 0 Å². The molecule has 18 heavy (non-hydrogen) atoms. The SMILES string of the molecule is CC1(C)C(CNS(=O)(=O)N2CCNCC2)C1(C)C. The van der Waals surface area contributed by atoms with Crippen LogP contribution in [0.2, 0.25) is 0 Å². The first-order chi connectivity index (χ1) is 8.19. The van der Waals surface area contributed by atoms with Gasteiger partial charge in [-0.3, -0.25) is 0 Å². The number of nitrogens with zero attached hydrogens (tertiary/aromatic N) is 1. The molecule has 1 saturated carbocycles. The zero-order valence-corrected chi connectivity index (χ0v) is 12.6. The highest BCUT2D eigenvalue weighted by molar-refractivity contribution is 7.87. The minimum absolute atomic E-state index is 0.221. The average Bonchev–Trinajstić information content (AvgIpc) is 2.68. The fraction of sp³-hybridized carbons (Fsp3) is 1.00. The van der Waals surface area contributed by atoms with Crippen LogP contribution in [-0.2, 0) is 10.2 Å². The van der Waals surface area contributed by atoms with Crippen molar-refractivity contribution in [1.82, 2.24) is 14.3 Å². The van der Waals surface area contributed by atoms with E-state index in [1.54, 1.807) is 0 Å². The fourth-order valence-electron chi connectivity index (χ4n) is 3.01. The maximum absolute atomic E-state index is 12.1. The van der Waals surface area contributed by atoms with Crippen molar-refractivity contribution >= 4 is 10.2 Å². The Hall–Kier alpha value is -0.170. The largest absolute Gasteiger partial charge is 0.314 e. The van der Waals surface area contributed by atoms with Crippen LogP contribution < -0.4 is 10.0 Å². The van der Waals surface area contributed by atoms with E-state index < -0.39 is 10.2 Å². The first-order valence-corrected chi connectivity index (χ1v) is 8.09. The van der Waals surface area contributed by atoms with Crippen LogP contribution in [0.5, 0.6) is 0 Å². The van der Waals surface area contributed by atoms with Crippen LogP contribution in [0.25, 0.3) is 0 Å². The molecule has 0 spiro atoms. The maximum Gasteiger partial charge on any atom is 0.279 e. The molecule has 0 amide bonds. The maximum atomic E-state index is 12.1. The summed E-state index contributed by atoms with van der Waals surface area (Å²) in [4.78, 5) is 0. The minimum atomic E-state index is -3.30. The molecule has 5 nitrogen and oxygen atoms in total. The number of rotatable bonds is 4. The standard InChI is InChI=1S/C12H25N3O2S/c1-11(2)10(12(11,3)4)9-14-18(16,17)15-7-5-13-6-8-15/h10,13-14H,5-9H2,1-4H3. The van der Waals surface area contributed by atoms with Crippen molar-refractivity contribution in [3.05, 3.63) is 0 Å². The number of hydrogen-bond donors (Lipinski definition) is 2. The molecule has 1 aliphatic heterocycles. The minimum Gasteiger partial charge on any atom is -0.314 e. The summed E-state index contributed by atoms with van der Waals surface area (Å²) in [6.07, 6.45) is 0. The van der Waals surface area contributed by atoms with Crippen molar-refractivity contribution in [2.24, 2.45) is 16.7 Å². The predicted octanol–water partition coefficient (Wildman–Crippen LogP) is 0.408.